The molecule has 1 unspecified atom stereocenters. The van der Waals surface area contributed by atoms with E-state index in [9.17, 15) is 0 Å². The summed E-state index contributed by atoms with van der Waals surface area (Å²) in [5.41, 5.74) is 2.60. The van der Waals surface area contributed by atoms with E-state index in [0.717, 1.165) is 24.8 Å². The van der Waals surface area contributed by atoms with Gasteiger partial charge in [0, 0.05) is 26.3 Å². The van der Waals surface area contributed by atoms with E-state index in [4.69, 9.17) is 10.6 Å². The fourth-order valence-corrected chi connectivity index (χ4v) is 2.40. The molecule has 2 heterocycles. The number of methoxy groups -OCH3 is 1. The summed E-state index contributed by atoms with van der Waals surface area (Å²) < 4.78 is 5.10. The summed E-state index contributed by atoms with van der Waals surface area (Å²) in [4.78, 5) is 11.1. The molecule has 0 amide bonds. The van der Waals surface area contributed by atoms with Gasteiger partial charge >= 0.3 is 0 Å². The third kappa shape index (κ3) is 3.78. The van der Waals surface area contributed by atoms with Crippen molar-refractivity contribution in [1.82, 2.24) is 9.97 Å². The lowest BCUT2D eigenvalue weighted by molar-refractivity contribution is 0.178. The maximum Gasteiger partial charge on any atom is 0.158 e. The Hall–Kier alpha value is -1.40. The molecule has 2 rings (SSSR count). The van der Waals surface area contributed by atoms with Crippen LogP contribution in [-0.4, -0.2) is 30.2 Å². The Morgan fingerprint density at radius 2 is 2.26 bits per heavy atom. The van der Waals surface area contributed by atoms with Gasteiger partial charge in [0.1, 0.15) is 18.2 Å². The highest BCUT2D eigenvalue weighted by Crippen LogP contribution is 2.22. The summed E-state index contributed by atoms with van der Waals surface area (Å²) in [5.74, 6) is 8.48. The van der Waals surface area contributed by atoms with E-state index in [2.05, 4.69) is 27.2 Å². The number of nitrogens with two attached hydrogens (primary N) is 1. The van der Waals surface area contributed by atoms with E-state index >= 15 is 0 Å². The average Bonchev–Trinajstić information content (AvgIpc) is 2.63. The molecule has 0 spiro atoms. The van der Waals surface area contributed by atoms with Gasteiger partial charge in [-0.25, -0.2) is 15.8 Å². The predicted octanol–water partition coefficient (Wildman–Crippen LogP) is 1.53. The minimum atomic E-state index is 0.396. The van der Waals surface area contributed by atoms with Crippen LogP contribution in [0.2, 0.25) is 0 Å². The highest BCUT2D eigenvalue weighted by molar-refractivity contribution is 5.49. The summed E-state index contributed by atoms with van der Waals surface area (Å²) in [7, 11) is 1.64. The summed E-state index contributed by atoms with van der Waals surface area (Å²) >= 11 is 0. The zero-order valence-corrected chi connectivity index (χ0v) is 11.7. The summed E-state index contributed by atoms with van der Waals surface area (Å²) in [6.45, 7) is 4.78. The topological polar surface area (TPSA) is 76.3 Å². The van der Waals surface area contributed by atoms with E-state index in [1.807, 2.05) is 6.07 Å². The predicted molar refractivity (Wildman–Crippen MR) is 75.8 cm³/mol. The first-order valence-corrected chi connectivity index (χ1v) is 6.81. The van der Waals surface area contributed by atoms with E-state index in [0.29, 0.717) is 18.2 Å². The Balaban J connectivity index is 2.19. The number of hydrogen-bond donors (Lipinski definition) is 2. The van der Waals surface area contributed by atoms with Crippen LogP contribution in [0.5, 0.6) is 0 Å². The van der Waals surface area contributed by atoms with Gasteiger partial charge in [0.15, 0.2) is 5.82 Å². The minimum Gasteiger partial charge on any atom is -0.377 e. The zero-order valence-electron chi connectivity index (χ0n) is 11.7. The Kier molecular flexibility index (Phi) is 4.93. The molecule has 3 N–H and O–H groups in total. The van der Waals surface area contributed by atoms with Crippen LogP contribution in [0.15, 0.2) is 6.07 Å². The number of nitrogen functional groups attached to an aromatic ring is 1. The number of aromatic nitrogens is 2. The molecular formula is C13H23N5O. The lowest BCUT2D eigenvalue weighted by atomic mass is 10.0. The molecular weight excluding hydrogens is 242 g/mol. The number of nitrogens with one attached hydrogen (secondary N) is 1. The summed E-state index contributed by atoms with van der Waals surface area (Å²) in [6, 6.07) is 1.90. The molecule has 19 heavy (non-hydrogen) atoms. The van der Waals surface area contributed by atoms with Crippen molar-refractivity contribution in [3.8, 4) is 0 Å². The fraction of sp³-hybridized carbons (Fsp3) is 0.692. The second-order valence-electron chi connectivity index (χ2n) is 5.13. The maximum atomic E-state index is 5.47. The molecule has 0 radical (unpaired) electrons. The van der Waals surface area contributed by atoms with E-state index < -0.39 is 0 Å². The highest BCUT2D eigenvalue weighted by atomic mass is 16.5. The van der Waals surface area contributed by atoms with Crippen molar-refractivity contribution in [1.29, 1.82) is 0 Å². The van der Waals surface area contributed by atoms with Crippen LogP contribution < -0.4 is 16.2 Å². The first-order valence-electron chi connectivity index (χ1n) is 6.81. The van der Waals surface area contributed by atoms with Gasteiger partial charge in [-0.1, -0.05) is 6.92 Å². The highest BCUT2D eigenvalue weighted by Gasteiger charge is 2.16. The Labute approximate surface area is 114 Å². The Bertz CT molecular complexity index is 412. The molecule has 106 valence electrons. The van der Waals surface area contributed by atoms with Gasteiger partial charge in [-0.05, 0) is 25.2 Å². The molecule has 1 atom stereocenters. The van der Waals surface area contributed by atoms with Crippen molar-refractivity contribution in [3.05, 3.63) is 11.9 Å². The van der Waals surface area contributed by atoms with Crippen LogP contribution in [0.1, 0.15) is 32.0 Å². The Morgan fingerprint density at radius 3 is 3.00 bits per heavy atom. The lowest BCUT2D eigenvalue weighted by Crippen LogP contribution is -2.26. The van der Waals surface area contributed by atoms with Gasteiger partial charge < -0.3 is 15.1 Å². The third-order valence-corrected chi connectivity index (χ3v) is 3.52. The van der Waals surface area contributed by atoms with Crippen LogP contribution >= 0.6 is 0 Å². The van der Waals surface area contributed by atoms with Crippen molar-refractivity contribution in [2.75, 3.05) is 30.5 Å². The SMILES string of the molecule is COCc1nc(NN)cc(N2CCCC(C)CC2)n1. The summed E-state index contributed by atoms with van der Waals surface area (Å²) in [5, 5.41) is 0. The second-order valence-corrected chi connectivity index (χ2v) is 5.13. The van der Waals surface area contributed by atoms with Crippen molar-refractivity contribution in [2.24, 2.45) is 11.8 Å². The van der Waals surface area contributed by atoms with Crippen LogP contribution in [0.3, 0.4) is 0 Å². The molecule has 0 saturated carbocycles. The van der Waals surface area contributed by atoms with Gasteiger partial charge in [-0.2, -0.15) is 0 Å². The number of rotatable bonds is 4. The zero-order chi connectivity index (χ0) is 13.7. The molecule has 0 bridgehead atoms. The van der Waals surface area contributed by atoms with Crippen LogP contribution in [0.4, 0.5) is 11.6 Å². The first-order chi connectivity index (χ1) is 9.22. The van der Waals surface area contributed by atoms with E-state index in [-0.39, 0.29) is 0 Å². The average molecular weight is 265 g/mol. The molecule has 6 heteroatoms. The minimum absolute atomic E-state index is 0.396. The fourth-order valence-electron chi connectivity index (χ4n) is 2.40. The number of hydrogen-bond acceptors (Lipinski definition) is 6. The van der Waals surface area contributed by atoms with Gasteiger partial charge in [-0.15, -0.1) is 0 Å². The number of nitrogens with zero attached hydrogens (tertiary/aromatic N) is 3. The Morgan fingerprint density at radius 1 is 1.42 bits per heavy atom. The molecule has 0 aliphatic carbocycles. The molecule has 1 aliphatic rings. The van der Waals surface area contributed by atoms with E-state index in [1.54, 1.807) is 7.11 Å². The van der Waals surface area contributed by atoms with Crippen molar-refractivity contribution >= 4 is 11.6 Å². The molecule has 1 aliphatic heterocycles. The van der Waals surface area contributed by atoms with Crippen LogP contribution in [-0.2, 0) is 11.3 Å². The maximum absolute atomic E-state index is 5.47. The standard InChI is InChI=1S/C13H23N5O/c1-10-4-3-6-18(7-5-10)13-8-11(17-14)15-12(16-13)9-19-2/h8,10H,3-7,9,14H2,1-2H3,(H,15,16,17). The quantitative estimate of drug-likeness (QED) is 0.635. The molecule has 1 saturated heterocycles. The smallest absolute Gasteiger partial charge is 0.158 e. The molecule has 0 aromatic carbocycles. The largest absolute Gasteiger partial charge is 0.377 e. The van der Waals surface area contributed by atoms with Gasteiger partial charge in [-0.3, -0.25) is 0 Å². The number of hydrazine groups is 1. The number of anilines is 2. The lowest BCUT2D eigenvalue weighted by Gasteiger charge is -2.22. The molecule has 6 nitrogen and oxygen atoms in total. The molecule has 1 aromatic rings. The second kappa shape index (κ2) is 6.68. The van der Waals surface area contributed by atoms with Crippen molar-refractivity contribution in [2.45, 2.75) is 32.8 Å². The van der Waals surface area contributed by atoms with Crippen LogP contribution in [0, 0.1) is 5.92 Å². The van der Waals surface area contributed by atoms with Crippen molar-refractivity contribution in [3.63, 3.8) is 0 Å². The molecule has 1 fully saturated rings. The molecule has 1 aromatic heterocycles. The van der Waals surface area contributed by atoms with Gasteiger partial charge in [0.05, 0.1) is 0 Å². The first kappa shape index (κ1) is 14.0. The third-order valence-electron chi connectivity index (χ3n) is 3.52. The number of ether oxygens (including phenoxy) is 1. The monoisotopic (exact) mass is 265 g/mol. The van der Waals surface area contributed by atoms with Crippen molar-refractivity contribution < 1.29 is 4.74 Å². The van der Waals surface area contributed by atoms with Gasteiger partial charge in [0.25, 0.3) is 0 Å². The normalized spacial score (nSPS) is 20.2. The van der Waals surface area contributed by atoms with Crippen LogP contribution in [0.25, 0.3) is 0 Å². The summed E-state index contributed by atoms with van der Waals surface area (Å²) in [6.07, 6.45) is 3.69. The van der Waals surface area contributed by atoms with E-state index in [1.165, 1.54) is 19.3 Å². The van der Waals surface area contributed by atoms with Gasteiger partial charge in [0.2, 0.25) is 0 Å².